The van der Waals surface area contributed by atoms with Crippen molar-refractivity contribution < 1.29 is 5.11 Å². The van der Waals surface area contributed by atoms with Crippen LogP contribution in [0.2, 0.25) is 0 Å². The molecule has 1 fully saturated rings. The van der Waals surface area contributed by atoms with Crippen LogP contribution in [-0.4, -0.2) is 34.2 Å². The minimum Gasteiger partial charge on any atom is -0.395 e. The van der Waals surface area contributed by atoms with Crippen LogP contribution in [0, 0.1) is 6.92 Å². The molecule has 1 aromatic heterocycles. The van der Waals surface area contributed by atoms with Gasteiger partial charge in [0.15, 0.2) is 5.43 Å². The van der Waals surface area contributed by atoms with Gasteiger partial charge < -0.3 is 10.1 Å². The smallest absolute Gasteiger partial charge is 0.189 e. The molecule has 2 heterocycles. The van der Waals surface area contributed by atoms with E-state index >= 15 is 0 Å². The number of H-pyrrole nitrogens is 1. The molecule has 2 N–H and O–H groups in total. The number of aromatic nitrogens is 1. The Kier molecular flexibility index (Phi) is 3.59. The minimum absolute atomic E-state index is 0.0668. The summed E-state index contributed by atoms with van der Waals surface area (Å²) in [4.78, 5) is 17.8. The van der Waals surface area contributed by atoms with E-state index in [1.54, 1.807) is 6.07 Å². The topological polar surface area (TPSA) is 56.3 Å². The number of fused-ring (bicyclic) bond motifs is 1. The van der Waals surface area contributed by atoms with Crippen molar-refractivity contribution in [1.82, 2.24) is 9.88 Å². The van der Waals surface area contributed by atoms with Gasteiger partial charge in [-0.3, -0.25) is 9.69 Å². The SMILES string of the molecule is Cc1ccc2[nH]c(CN3CCC[C@H]3CO)cc(=O)c2c1. The summed E-state index contributed by atoms with van der Waals surface area (Å²) in [6, 6.07) is 7.81. The van der Waals surface area contributed by atoms with Crippen molar-refractivity contribution in [2.75, 3.05) is 13.2 Å². The van der Waals surface area contributed by atoms with Crippen LogP contribution in [0.3, 0.4) is 0 Å². The standard InChI is InChI=1S/C16H20N2O2/c1-11-4-5-15-14(7-11)16(20)8-12(17-15)9-18-6-2-3-13(18)10-19/h4-5,7-8,13,19H,2-3,6,9-10H2,1H3,(H,17,20)/t13-/m0/s1. The molecule has 20 heavy (non-hydrogen) atoms. The molecule has 0 unspecified atom stereocenters. The summed E-state index contributed by atoms with van der Waals surface area (Å²) in [5.74, 6) is 0. The van der Waals surface area contributed by atoms with Crippen molar-refractivity contribution in [3.63, 3.8) is 0 Å². The van der Waals surface area contributed by atoms with Crippen LogP contribution in [0.15, 0.2) is 29.1 Å². The van der Waals surface area contributed by atoms with Crippen molar-refractivity contribution >= 4 is 10.9 Å². The van der Waals surface area contributed by atoms with E-state index in [1.807, 2.05) is 25.1 Å². The molecule has 3 rings (SSSR count). The lowest BCUT2D eigenvalue weighted by Gasteiger charge is -2.22. The molecule has 0 saturated carbocycles. The Balaban J connectivity index is 1.93. The third-order valence-electron chi connectivity index (χ3n) is 4.12. The summed E-state index contributed by atoms with van der Waals surface area (Å²) in [5.41, 5.74) is 2.97. The van der Waals surface area contributed by atoms with Gasteiger partial charge in [0, 0.05) is 35.2 Å². The van der Waals surface area contributed by atoms with E-state index in [0.717, 1.165) is 41.5 Å². The molecular formula is C16H20N2O2. The normalized spacial score (nSPS) is 19.8. The molecule has 0 aliphatic carbocycles. The van der Waals surface area contributed by atoms with Crippen LogP contribution in [-0.2, 0) is 6.54 Å². The van der Waals surface area contributed by atoms with Gasteiger partial charge in [-0.1, -0.05) is 11.6 Å². The third kappa shape index (κ3) is 2.49. The Morgan fingerprint density at radius 3 is 3.05 bits per heavy atom. The van der Waals surface area contributed by atoms with Gasteiger partial charge in [-0.2, -0.15) is 0 Å². The van der Waals surface area contributed by atoms with Gasteiger partial charge in [0.2, 0.25) is 0 Å². The number of hydrogen-bond donors (Lipinski definition) is 2. The number of aromatic amines is 1. The van der Waals surface area contributed by atoms with Crippen LogP contribution >= 0.6 is 0 Å². The number of likely N-dealkylation sites (tertiary alicyclic amines) is 1. The average Bonchev–Trinajstić information content (AvgIpc) is 2.87. The number of aryl methyl sites for hydroxylation is 1. The molecule has 0 bridgehead atoms. The maximum Gasteiger partial charge on any atom is 0.189 e. The summed E-state index contributed by atoms with van der Waals surface area (Å²) in [5, 5.41) is 10.1. The maximum absolute atomic E-state index is 12.2. The van der Waals surface area contributed by atoms with E-state index in [1.165, 1.54) is 0 Å². The number of aliphatic hydroxyl groups is 1. The number of benzene rings is 1. The zero-order valence-electron chi connectivity index (χ0n) is 11.7. The fraction of sp³-hybridized carbons (Fsp3) is 0.438. The highest BCUT2D eigenvalue weighted by atomic mass is 16.3. The minimum atomic E-state index is 0.0668. The van der Waals surface area contributed by atoms with Gasteiger partial charge >= 0.3 is 0 Å². The molecule has 4 nitrogen and oxygen atoms in total. The van der Waals surface area contributed by atoms with Crippen molar-refractivity contribution in [3.8, 4) is 0 Å². The monoisotopic (exact) mass is 272 g/mol. The first-order valence-electron chi connectivity index (χ1n) is 7.15. The van der Waals surface area contributed by atoms with E-state index in [9.17, 15) is 9.90 Å². The zero-order valence-corrected chi connectivity index (χ0v) is 11.7. The van der Waals surface area contributed by atoms with Crippen LogP contribution in [0.25, 0.3) is 10.9 Å². The van der Waals surface area contributed by atoms with E-state index in [2.05, 4.69) is 9.88 Å². The Morgan fingerprint density at radius 1 is 1.40 bits per heavy atom. The molecule has 0 radical (unpaired) electrons. The van der Waals surface area contributed by atoms with Crippen LogP contribution < -0.4 is 5.43 Å². The van der Waals surface area contributed by atoms with E-state index in [4.69, 9.17) is 0 Å². The zero-order chi connectivity index (χ0) is 14.1. The molecule has 1 aliphatic heterocycles. The predicted octanol–water partition coefficient (Wildman–Crippen LogP) is 1.79. The predicted molar refractivity (Wildman–Crippen MR) is 79.8 cm³/mol. The van der Waals surface area contributed by atoms with Gasteiger partial charge in [-0.25, -0.2) is 0 Å². The third-order valence-corrected chi connectivity index (χ3v) is 4.12. The molecule has 4 heteroatoms. The fourth-order valence-corrected chi connectivity index (χ4v) is 3.03. The van der Waals surface area contributed by atoms with Crippen molar-refractivity contribution in [1.29, 1.82) is 0 Å². The number of aliphatic hydroxyl groups excluding tert-OH is 1. The lowest BCUT2D eigenvalue weighted by Crippen LogP contribution is -2.32. The second-order valence-corrected chi connectivity index (χ2v) is 5.66. The van der Waals surface area contributed by atoms with Gasteiger partial charge in [0.05, 0.1) is 6.61 Å². The molecule has 1 aromatic carbocycles. The Morgan fingerprint density at radius 2 is 2.25 bits per heavy atom. The lowest BCUT2D eigenvalue weighted by atomic mass is 10.1. The van der Waals surface area contributed by atoms with E-state index in [0.29, 0.717) is 6.54 Å². The maximum atomic E-state index is 12.2. The summed E-state index contributed by atoms with van der Waals surface area (Å²) in [7, 11) is 0. The number of nitrogens with zero attached hydrogens (tertiary/aromatic N) is 1. The first-order chi connectivity index (χ1) is 9.67. The Hall–Kier alpha value is -1.65. The molecular weight excluding hydrogens is 252 g/mol. The fourth-order valence-electron chi connectivity index (χ4n) is 3.03. The Labute approximate surface area is 118 Å². The van der Waals surface area contributed by atoms with Crippen molar-refractivity contribution in [3.05, 3.63) is 45.7 Å². The second-order valence-electron chi connectivity index (χ2n) is 5.66. The van der Waals surface area contributed by atoms with Gasteiger partial charge in [0.25, 0.3) is 0 Å². The highest BCUT2D eigenvalue weighted by molar-refractivity contribution is 5.79. The first kappa shape index (κ1) is 13.3. The summed E-state index contributed by atoms with van der Waals surface area (Å²) in [6.07, 6.45) is 2.15. The van der Waals surface area contributed by atoms with Gasteiger partial charge in [0.1, 0.15) is 0 Å². The highest BCUT2D eigenvalue weighted by Gasteiger charge is 2.23. The Bertz CT molecular complexity index is 678. The highest BCUT2D eigenvalue weighted by Crippen LogP contribution is 2.19. The quantitative estimate of drug-likeness (QED) is 0.895. The van der Waals surface area contributed by atoms with E-state index in [-0.39, 0.29) is 18.1 Å². The van der Waals surface area contributed by atoms with Crippen LogP contribution in [0.4, 0.5) is 0 Å². The number of rotatable bonds is 3. The van der Waals surface area contributed by atoms with Crippen molar-refractivity contribution in [2.24, 2.45) is 0 Å². The van der Waals surface area contributed by atoms with Crippen LogP contribution in [0.5, 0.6) is 0 Å². The molecule has 1 aliphatic rings. The molecule has 0 amide bonds. The summed E-state index contributed by atoms with van der Waals surface area (Å²) in [6.45, 7) is 3.86. The molecule has 1 saturated heterocycles. The van der Waals surface area contributed by atoms with E-state index < -0.39 is 0 Å². The molecule has 1 atom stereocenters. The second kappa shape index (κ2) is 5.38. The molecule has 2 aromatic rings. The van der Waals surface area contributed by atoms with Crippen molar-refractivity contribution in [2.45, 2.75) is 32.4 Å². The van der Waals surface area contributed by atoms with Gasteiger partial charge in [-0.15, -0.1) is 0 Å². The summed E-state index contributed by atoms with van der Waals surface area (Å²) >= 11 is 0. The van der Waals surface area contributed by atoms with Gasteiger partial charge in [-0.05, 0) is 38.4 Å². The molecule has 0 spiro atoms. The molecule has 106 valence electrons. The van der Waals surface area contributed by atoms with Crippen LogP contribution in [0.1, 0.15) is 24.1 Å². The largest absolute Gasteiger partial charge is 0.395 e. The number of nitrogens with one attached hydrogen (secondary N) is 1. The average molecular weight is 272 g/mol. The lowest BCUT2D eigenvalue weighted by molar-refractivity contribution is 0.152. The number of hydrogen-bond acceptors (Lipinski definition) is 3. The first-order valence-corrected chi connectivity index (χ1v) is 7.15. The number of pyridine rings is 1. The summed E-state index contributed by atoms with van der Waals surface area (Å²) < 4.78 is 0.